The molecule has 0 spiro atoms. The number of carbonyl (C=O) groups is 1. The van der Waals surface area contributed by atoms with Crippen LogP contribution < -0.4 is 0 Å². The van der Waals surface area contributed by atoms with Gasteiger partial charge in [-0.3, -0.25) is 4.79 Å². The second kappa shape index (κ2) is 6.07. The lowest BCUT2D eigenvalue weighted by Crippen LogP contribution is -2.13. The topological polar surface area (TPSA) is 68.0 Å². The van der Waals surface area contributed by atoms with Crippen molar-refractivity contribution in [3.8, 4) is 0 Å². The summed E-state index contributed by atoms with van der Waals surface area (Å²) >= 11 is 7.20. The Morgan fingerprint density at radius 1 is 1.52 bits per heavy atom. The molecule has 1 N–H and O–H groups in total. The van der Waals surface area contributed by atoms with Crippen LogP contribution in [0.25, 0.3) is 11.2 Å². The minimum atomic E-state index is -0.854. The van der Waals surface area contributed by atoms with Crippen LogP contribution in [0.15, 0.2) is 29.6 Å². The van der Waals surface area contributed by atoms with Crippen molar-refractivity contribution in [2.24, 2.45) is 0 Å². The van der Waals surface area contributed by atoms with E-state index in [1.807, 2.05) is 0 Å². The van der Waals surface area contributed by atoms with Crippen molar-refractivity contribution in [2.75, 3.05) is 5.75 Å². The minimum Gasteiger partial charge on any atom is -0.481 e. The van der Waals surface area contributed by atoms with E-state index in [1.54, 1.807) is 12.3 Å². The molecule has 2 heterocycles. The van der Waals surface area contributed by atoms with Gasteiger partial charge in [0, 0.05) is 12.2 Å². The van der Waals surface area contributed by atoms with Gasteiger partial charge in [0.15, 0.2) is 10.8 Å². The van der Waals surface area contributed by atoms with E-state index in [1.165, 1.54) is 11.8 Å². The third kappa shape index (κ3) is 3.06. The lowest BCUT2D eigenvalue weighted by atomic mass is 10.0. The fraction of sp³-hybridized carbons (Fsp3) is 0.357. The highest BCUT2D eigenvalue weighted by Gasteiger charge is 2.21. The first kappa shape index (κ1) is 14.4. The van der Waals surface area contributed by atoms with Crippen LogP contribution in [0.5, 0.6) is 0 Å². The molecular formula is C14H14ClN3O2S. The lowest BCUT2D eigenvalue weighted by Gasteiger charge is -2.21. The van der Waals surface area contributed by atoms with Gasteiger partial charge in [-0.2, -0.15) is 0 Å². The summed E-state index contributed by atoms with van der Waals surface area (Å²) in [4.78, 5) is 19.7. The van der Waals surface area contributed by atoms with Crippen molar-refractivity contribution >= 4 is 40.5 Å². The summed E-state index contributed by atoms with van der Waals surface area (Å²) in [5, 5.41) is 10.1. The second-order valence-corrected chi connectivity index (χ2v) is 6.26. The van der Waals surface area contributed by atoms with Crippen molar-refractivity contribution in [3.63, 3.8) is 0 Å². The van der Waals surface area contributed by atoms with Gasteiger partial charge < -0.3 is 9.67 Å². The summed E-state index contributed by atoms with van der Waals surface area (Å²) in [6, 6.07) is 2.04. The van der Waals surface area contributed by atoms with Gasteiger partial charge >= 0.3 is 5.97 Å². The molecule has 0 saturated heterocycles. The third-order valence-corrected chi connectivity index (χ3v) is 4.54. The zero-order valence-corrected chi connectivity index (χ0v) is 12.8. The number of aromatic nitrogens is 3. The number of thioether (sulfide) groups is 1. The van der Waals surface area contributed by atoms with Gasteiger partial charge in [-0.1, -0.05) is 35.5 Å². The van der Waals surface area contributed by atoms with Crippen LogP contribution in [0, 0.1) is 0 Å². The zero-order chi connectivity index (χ0) is 14.8. The number of halogens is 1. The van der Waals surface area contributed by atoms with Crippen molar-refractivity contribution in [1.29, 1.82) is 0 Å². The molecule has 3 rings (SSSR count). The van der Waals surface area contributed by atoms with E-state index in [0.717, 1.165) is 24.9 Å². The highest BCUT2D eigenvalue weighted by Crippen LogP contribution is 2.33. The summed E-state index contributed by atoms with van der Waals surface area (Å²) in [5.74, 6) is -0.868. The molecule has 0 saturated carbocycles. The molecule has 21 heavy (non-hydrogen) atoms. The summed E-state index contributed by atoms with van der Waals surface area (Å²) < 4.78 is 2.06. The van der Waals surface area contributed by atoms with Crippen molar-refractivity contribution < 1.29 is 9.90 Å². The Hall–Kier alpha value is -1.53. The number of carboxylic acid groups (broad SMARTS) is 1. The van der Waals surface area contributed by atoms with E-state index >= 15 is 0 Å². The molecule has 1 unspecified atom stereocenters. The van der Waals surface area contributed by atoms with Gasteiger partial charge in [-0.15, -0.1) is 0 Å². The van der Waals surface area contributed by atoms with Gasteiger partial charge in [-0.25, -0.2) is 9.97 Å². The largest absolute Gasteiger partial charge is 0.481 e. The summed E-state index contributed by atoms with van der Waals surface area (Å²) in [5.41, 5.74) is 1.48. The van der Waals surface area contributed by atoms with E-state index in [0.29, 0.717) is 15.7 Å². The SMILES string of the molecule is O=C(O)CSc1nc2cc(Cl)cnc2n1C1CC=CCC1. The van der Waals surface area contributed by atoms with Gasteiger partial charge in [0.25, 0.3) is 0 Å². The van der Waals surface area contributed by atoms with Crippen LogP contribution in [0.2, 0.25) is 5.02 Å². The minimum absolute atomic E-state index is 0.0143. The van der Waals surface area contributed by atoms with E-state index < -0.39 is 5.97 Å². The predicted molar refractivity (Wildman–Crippen MR) is 82.9 cm³/mol. The molecule has 2 aromatic rings. The zero-order valence-electron chi connectivity index (χ0n) is 11.2. The number of hydrogen-bond donors (Lipinski definition) is 1. The number of imidazole rings is 1. The van der Waals surface area contributed by atoms with E-state index in [4.69, 9.17) is 16.7 Å². The molecule has 0 bridgehead atoms. The fourth-order valence-corrected chi connectivity index (χ4v) is 3.45. The van der Waals surface area contributed by atoms with Crippen LogP contribution in [-0.4, -0.2) is 31.4 Å². The molecular weight excluding hydrogens is 310 g/mol. The highest BCUT2D eigenvalue weighted by atomic mass is 35.5. The van der Waals surface area contributed by atoms with E-state index in [-0.39, 0.29) is 11.8 Å². The highest BCUT2D eigenvalue weighted by molar-refractivity contribution is 7.99. The van der Waals surface area contributed by atoms with Gasteiger partial charge in [-0.05, 0) is 25.3 Å². The molecule has 0 aromatic carbocycles. The summed E-state index contributed by atoms with van der Waals surface area (Å²) in [6.07, 6.45) is 8.86. The maximum atomic E-state index is 10.8. The number of fused-ring (bicyclic) bond motifs is 1. The van der Waals surface area contributed by atoms with Gasteiger partial charge in [0.1, 0.15) is 5.52 Å². The average Bonchev–Trinajstić information content (AvgIpc) is 2.83. The predicted octanol–water partition coefficient (Wildman–Crippen LogP) is 3.54. The normalized spacial score (nSPS) is 18.2. The van der Waals surface area contributed by atoms with E-state index in [9.17, 15) is 4.79 Å². The molecule has 1 atom stereocenters. The molecule has 5 nitrogen and oxygen atoms in total. The number of rotatable bonds is 4. The molecule has 110 valence electrons. The molecule has 0 radical (unpaired) electrons. The van der Waals surface area contributed by atoms with Crippen LogP contribution in [-0.2, 0) is 4.79 Å². The molecule has 1 aliphatic carbocycles. The summed E-state index contributed by atoms with van der Waals surface area (Å²) in [6.45, 7) is 0. The monoisotopic (exact) mass is 323 g/mol. The third-order valence-electron chi connectivity index (χ3n) is 3.40. The molecule has 1 aliphatic rings. The Morgan fingerprint density at radius 3 is 3.10 bits per heavy atom. The molecule has 0 amide bonds. The molecule has 0 fully saturated rings. The van der Waals surface area contributed by atoms with Crippen LogP contribution in [0.1, 0.15) is 25.3 Å². The van der Waals surface area contributed by atoms with Crippen LogP contribution >= 0.6 is 23.4 Å². The molecule has 2 aromatic heterocycles. The number of hydrogen-bond acceptors (Lipinski definition) is 4. The average molecular weight is 324 g/mol. The first-order chi connectivity index (χ1) is 10.1. The number of pyridine rings is 1. The van der Waals surface area contributed by atoms with Crippen molar-refractivity contribution in [2.45, 2.75) is 30.5 Å². The van der Waals surface area contributed by atoms with Crippen LogP contribution in [0.4, 0.5) is 0 Å². The van der Waals surface area contributed by atoms with Crippen molar-refractivity contribution in [1.82, 2.24) is 14.5 Å². The fourth-order valence-electron chi connectivity index (χ4n) is 2.51. The van der Waals surface area contributed by atoms with Crippen LogP contribution in [0.3, 0.4) is 0 Å². The standard InChI is InChI=1S/C14H14ClN3O2S/c15-9-6-11-13(16-7-9)18(10-4-2-1-3-5-10)14(17-11)21-8-12(19)20/h1-2,6-7,10H,3-5,8H2,(H,19,20). The maximum absolute atomic E-state index is 10.8. The Bertz CT molecular complexity index is 714. The Kier molecular flexibility index (Phi) is 4.17. The Morgan fingerprint density at radius 2 is 2.38 bits per heavy atom. The number of nitrogens with zero attached hydrogens (tertiary/aromatic N) is 3. The molecule has 7 heteroatoms. The van der Waals surface area contributed by atoms with Gasteiger partial charge in [0.2, 0.25) is 0 Å². The second-order valence-electron chi connectivity index (χ2n) is 4.88. The Balaban J connectivity index is 2.05. The Labute approximate surface area is 131 Å². The molecule has 0 aliphatic heterocycles. The smallest absolute Gasteiger partial charge is 0.313 e. The quantitative estimate of drug-likeness (QED) is 0.688. The van der Waals surface area contributed by atoms with Crippen molar-refractivity contribution in [3.05, 3.63) is 29.4 Å². The number of carboxylic acids is 1. The first-order valence-electron chi connectivity index (χ1n) is 6.68. The van der Waals surface area contributed by atoms with Gasteiger partial charge in [0.05, 0.1) is 10.8 Å². The van der Waals surface area contributed by atoms with E-state index in [2.05, 4.69) is 26.7 Å². The first-order valence-corrected chi connectivity index (χ1v) is 8.04. The lowest BCUT2D eigenvalue weighted by molar-refractivity contribution is -0.133. The maximum Gasteiger partial charge on any atom is 0.313 e. The number of allylic oxidation sites excluding steroid dienone is 2. The number of aliphatic carboxylic acids is 1. The summed E-state index contributed by atoms with van der Waals surface area (Å²) in [7, 11) is 0.